The molecule has 0 atom stereocenters. The molecule has 4 heteroatoms. The van der Waals surface area contributed by atoms with Gasteiger partial charge in [-0.05, 0) is 61.5 Å². The monoisotopic (exact) mass is 314 g/mol. The molecule has 0 spiro atoms. The quantitative estimate of drug-likeness (QED) is 0.624. The average Bonchev–Trinajstić information content (AvgIpc) is 2.49. The molecule has 0 aliphatic heterocycles. The molecule has 0 aliphatic rings. The third kappa shape index (κ3) is 3.22. The predicted octanol–water partition coefficient (Wildman–Crippen LogP) is 3.62. The van der Waals surface area contributed by atoms with Crippen molar-refractivity contribution in [1.82, 2.24) is 0 Å². The summed E-state index contributed by atoms with van der Waals surface area (Å²) < 4.78 is 11.7. The fourth-order valence-corrected chi connectivity index (χ4v) is 5.00. The molecule has 0 bridgehead atoms. The number of methoxy groups -OCH3 is 1. The Bertz CT molecular complexity index is 693. The number of rotatable bonds is 5. The third-order valence-electron chi connectivity index (χ3n) is 3.94. The van der Waals surface area contributed by atoms with Gasteiger partial charge in [0.1, 0.15) is 12.0 Å². The fraction of sp³-hybridized carbons (Fsp3) is 0.278. The number of hydrogen-bond donors (Lipinski definition) is 0. The van der Waals surface area contributed by atoms with Crippen molar-refractivity contribution in [2.24, 2.45) is 0 Å². The Morgan fingerprint density at radius 2 is 1.77 bits per heavy atom. The molecule has 0 aliphatic carbocycles. The second-order valence-electron chi connectivity index (χ2n) is 5.89. The minimum Gasteiger partial charge on any atom is -0.537 e. The lowest BCUT2D eigenvalue weighted by Gasteiger charge is -2.27. The van der Waals surface area contributed by atoms with Gasteiger partial charge in [-0.1, -0.05) is 18.2 Å². The first-order valence-corrected chi connectivity index (χ1v) is 10.2. The Morgan fingerprint density at radius 1 is 1.05 bits per heavy atom. The molecule has 0 aromatic heterocycles. The number of hydrogen-bond acceptors (Lipinski definition) is 3. The first-order chi connectivity index (χ1) is 10.4. The van der Waals surface area contributed by atoms with Gasteiger partial charge in [0.25, 0.3) is 8.32 Å². The van der Waals surface area contributed by atoms with Crippen molar-refractivity contribution in [3.05, 3.63) is 53.1 Å². The summed E-state index contributed by atoms with van der Waals surface area (Å²) >= 11 is 0. The van der Waals surface area contributed by atoms with E-state index in [0.29, 0.717) is 17.1 Å². The molecule has 0 fully saturated rings. The van der Waals surface area contributed by atoms with Crippen LogP contribution in [0.1, 0.15) is 21.5 Å². The smallest absolute Gasteiger partial charge is 0.277 e. The summed E-state index contributed by atoms with van der Waals surface area (Å²) in [5.74, 6) is 1.28. The Kier molecular flexibility index (Phi) is 4.71. The van der Waals surface area contributed by atoms with Crippen molar-refractivity contribution in [3.8, 4) is 11.5 Å². The summed E-state index contributed by atoms with van der Waals surface area (Å²) in [6.07, 6.45) is 0.818. The lowest BCUT2D eigenvalue weighted by atomic mass is 10.1. The number of aryl methyl sites for hydroxylation is 1. The van der Waals surface area contributed by atoms with E-state index in [1.54, 1.807) is 25.3 Å². The van der Waals surface area contributed by atoms with Crippen molar-refractivity contribution >= 4 is 19.8 Å². The van der Waals surface area contributed by atoms with Crippen molar-refractivity contribution in [2.75, 3.05) is 7.11 Å². The average molecular weight is 314 g/mol. The summed E-state index contributed by atoms with van der Waals surface area (Å²) in [6, 6.07) is 11.5. The minimum atomic E-state index is -2.18. The van der Waals surface area contributed by atoms with Gasteiger partial charge in [0.2, 0.25) is 0 Å². The summed E-state index contributed by atoms with van der Waals surface area (Å²) in [5, 5.41) is 1.26. The van der Waals surface area contributed by atoms with Gasteiger partial charge in [0.15, 0.2) is 5.75 Å². The first kappa shape index (κ1) is 16.3. The van der Waals surface area contributed by atoms with Crippen molar-refractivity contribution < 1.29 is 14.0 Å². The van der Waals surface area contributed by atoms with E-state index in [2.05, 4.69) is 45.1 Å². The van der Waals surface area contributed by atoms with Crippen LogP contribution in [0.15, 0.2) is 36.4 Å². The van der Waals surface area contributed by atoms with Crippen LogP contribution >= 0.6 is 0 Å². The van der Waals surface area contributed by atoms with Crippen LogP contribution in [0.4, 0.5) is 0 Å². The number of aldehydes is 1. The first-order valence-electron chi connectivity index (χ1n) is 7.28. The van der Waals surface area contributed by atoms with E-state index in [-0.39, 0.29) is 0 Å². The number of benzene rings is 2. The maximum atomic E-state index is 11.0. The van der Waals surface area contributed by atoms with Crippen LogP contribution in [-0.2, 0) is 0 Å². The molecule has 0 saturated carbocycles. The van der Waals surface area contributed by atoms with E-state index in [9.17, 15) is 4.79 Å². The molecule has 116 valence electrons. The molecule has 2 rings (SSSR count). The van der Waals surface area contributed by atoms with Crippen molar-refractivity contribution in [2.45, 2.75) is 26.9 Å². The maximum absolute atomic E-state index is 11.0. The summed E-state index contributed by atoms with van der Waals surface area (Å²) in [5.41, 5.74) is 3.11. The highest BCUT2D eigenvalue weighted by Crippen LogP contribution is 2.30. The van der Waals surface area contributed by atoms with E-state index >= 15 is 0 Å². The van der Waals surface area contributed by atoms with Crippen molar-refractivity contribution in [1.29, 1.82) is 0 Å². The molecule has 3 nitrogen and oxygen atoms in total. The molecule has 0 unspecified atom stereocenters. The highest BCUT2D eigenvalue weighted by molar-refractivity contribution is 6.85. The zero-order valence-corrected chi connectivity index (χ0v) is 14.8. The number of ether oxygens (including phenoxy) is 1. The van der Waals surface area contributed by atoms with Crippen LogP contribution in [-0.4, -0.2) is 21.7 Å². The summed E-state index contributed by atoms with van der Waals surface area (Å²) in [4.78, 5) is 11.0. The Balaban J connectivity index is 2.44. The van der Waals surface area contributed by atoms with Crippen LogP contribution in [0.3, 0.4) is 0 Å². The molecule has 22 heavy (non-hydrogen) atoms. The van der Waals surface area contributed by atoms with Gasteiger partial charge in [-0.3, -0.25) is 4.79 Å². The van der Waals surface area contributed by atoms with Gasteiger partial charge in [0, 0.05) is 5.56 Å². The molecule has 0 radical (unpaired) electrons. The minimum absolute atomic E-state index is 0.585. The maximum Gasteiger partial charge on any atom is 0.277 e. The van der Waals surface area contributed by atoms with E-state index in [0.717, 1.165) is 6.29 Å². The van der Waals surface area contributed by atoms with Gasteiger partial charge >= 0.3 is 0 Å². The van der Waals surface area contributed by atoms with E-state index < -0.39 is 8.32 Å². The Hall–Kier alpha value is -2.07. The van der Waals surface area contributed by atoms with Crippen LogP contribution in [0.2, 0.25) is 13.1 Å². The van der Waals surface area contributed by atoms with Crippen LogP contribution in [0.5, 0.6) is 11.5 Å². The highest BCUT2D eigenvalue weighted by Gasteiger charge is 2.30. The van der Waals surface area contributed by atoms with Gasteiger partial charge < -0.3 is 9.16 Å². The molecule has 0 heterocycles. The van der Waals surface area contributed by atoms with Crippen LogP contribution in [0, 0.1) is 13.8 Å². The van der Waals surface area contributed by atoms with Gasteiger partial charge in [-0.2, -0.15) is 0 Å². The van der Waals surface area contributed by atoms with Gasteiger partial charge in [0.05, 0.1) is 7.11 Å². The highest BCUT2D eigenvalue weighted by atomic mass is 28.4. The largest absolute Gasteiger partial charge is 0.537 e. The van der Waals surface area contributed by atoms with Gasteiger partial charge in [-0.25, -0.2) is 0 Å². The van der Waals surface area contributed by atoms with E-state index in [4.69, 9.17) is 9.16 Å². The summed E-state index contributed by atoms with van der Waals surface area (Å²) in [7, 11) is -0.569. The molecule has 0 N–H and O–H groups in total. The third-order valence-corrected chi connectivity index (χ3v) is 6.51. The molecule has 2 aromatic rings. The topological polar surface area (TPSA) is 35.5 Å². The van der Waals surface area contributed by atoms with Crippen molar-refractivity contribution in [3.63, 3.8) is 0 Å². The van der Waals surface area contributed by atoms with E-state index in [1.165, 1.54) is 16.3 Å². The predicted molar refractivity (Wildman–Crippen MR) is 92.0 cm³/mol. The second-order valence-corrected chi connectivity index (χ2v) is 9.65. The molecule has 0 amide bonds. The summed E-state index contributed by atoms with van der Waals surface area (Å²) in [6.45, 7) is 8.54. The lowest BCUT2D eigenvalue weighted by molar-refractivity contribution is 0.112. The second kappa shape index (κ2) is 6.36. The number of carbonyl (C=O) groups excluding carboxylic acids is 1. The zero-order chi connectivity index (χ0) is 16.3. The number of carbonyl (C=O) groups is 1. The van der Waals surface area contributed by atoms with Crippen LogP contribution < -0.4 is 14.3 Å². The lowest BCUT2D eigenvalue weighted by Crippen LogP contribution is -2.49. The zero-order valence-electron chi connectivity index (χ0n) is 13.8. The Labute approximate surface area is 133 Å². The molecular weight excluding hydrogens is 292 g/mol. The molecule has 0 saturated heterocycles. The standard InChI is InChI=1S/C18H22O3Si/c1-13-7-6-8-18(14(13)2)22(4,5)21-17-11-15(12-19)9-10-16(17)20-3/h6-12H,1-5H3. The fourth-order valence-electron chi connectivity index (χ4n) is 2.58. The van der Waals surface area contributed by atoms with E-state index in [1.807, 2.05) is 0 Å². The molecular formula is C18H22O3Si. The van der Waals surface area contributed by atoms with Gasteiger partial charge in [-0.15, -0.1) is 0 Å². The molecule has 2 aromatic carbocycles. The SMILES string of the molecule is COc1ccc(C=O)cc1O[Si](C)(C)c1cccc(C)c1C. The normalized spacial score (nSPS) is 11.1. The van der Waals surface area contributed by atoms with Crippen LogP contribution in [0.25, 0.3) is 0 Å². The Morgan fingerprint density at radius 3 is 2.41 bits per heavy atom.